The van der Waals surface area contributed by atoms with Crippen molar-refractivity contribution in [3.05, 3.63) is 18.0 Å². The topological polar surface area (TPSA) is 55.4 Å². The fourth-order valence-electron chi connectivity index (χ4n) is 2.95. The second-order valence-corrected chi connectivity index (χ2v) is 7.01. The third kappa shape index (κ3) is 4.58. The number of aromatic nitrogens is 2. The summed E-state index contributed by atoms with van der Waals surface area (Å²) in [7, 11) is 0. The molecule has 0 radical (unpaired) electrons. The van der Waals surface area contributed by atoms with E-state index in [-0.39, 0.29) is 6.61 Å². The Morgan fingerprint density at radius 2 is 2.20 bits per heavy atom. The summed E-state index contributed by atoms with van der Waals surface area (Å²) in [5.74, 6) is 0. The second kappa shape index (κ2) is 6.70. The molecule has 0 saturated carbocycles. The summed E-state index contributed by atoms with van der Waals surface area (Å²) in [6.45, 7) is 12.3. The molecule has 5 heteroatoms. The van der Waals surface area contributed by atoms with Crippen LogP contribution in [0.15, 0.2) is 12.3 Å². The van der Waals surface area contributed by atoms with Gasteiger partial charge in [-0.15, -0.1) is 0 Å². The number of aromatic amines is 1. The zero-order chi connectivity index (χ0) is 14.6. The van der Waals surface area contributed by atoms with Crippen LogP contribution in [0, 0.1) is 5.41 Å². The monoisotopic (exact) mass is 280 g/mol. The molecule has 1 aromatic rings. The zero-order valence-corrected chi connectivity index (χ0v) is 13.0. The number of rotatable bonds is 5. The Labute approximate surface area is 122 Å². The first-order valence-electron chi connectivity index (χ1n) is 7.53. The number of H-pyrrole nitrogens is 1. The molecule has 1 saturated heterocycles. The minimum atomic E-state index is 0.267. The lowest BCUT2D eigenvalue weighted by Crippen LogP contribution is -2.54. The van der Waals surface area contributed by atoms with E-state index in [1.54, 1.807) is 6.20 Å². The van der Waals surface area contributed by atoms with Crippen LogP contribution in [-0.2, 0) is 6.54 Å². The van der Waals surface area contributed by atoms with E-state index in [0.29, 0.717) is 11.5 Å². The molecule has 1 aliphatic heterocycles. The van der Waals surface area contributed by atoms with Gasteiger partial charge in [-0.3, -0.25) is 14.9 Å². The molecule has 1 atom stereocenters. The number of aliphatic hydroxyl groups is 1. The maximum absolute atomic E-state index is 9.32. The average molecular weight is 280 g/mol. The molecule has 0 amide bonds. The Kier molecular flexibility index (Phi) is 5.18. The predicted octanol–water partition coefficient (Wildman–Crippen LogP) is 1.32. The van der Waals surface area contributed by atoms with Gasteiger partial charge in [0.1, 0.15) is 0 Å². The van der Waals surface area contributed by atoms with Crippen LogP contribution in [0.5, 0.6) is 0 Å². The van der Waals surface area contributed by atoms with Gasteiger partial charge in [-0.05, 0) is 17.9 Å². The normalized spacial score (nSPS) is 22.3. The van der Waals surface area contributed by atoms with E-state index in [9.17, 15) is 5.11 Å². The van der Waals surface area contributed by atoms with Crippen molar-refractivity contribution in [3.63, 3.8) is 0 Å². The first kappa shape index (κ1) is 15.5. The van der Waals surface area contributed by atoms with E-state index < -0.39 is 0 Å². The molecule has 20 heavy (non-hydrogen) atoms. The zero-order valence-electron chi connectivity index (χ0n) is 13.0. The molecule has 2 rings (SSSR count). The van der Waals surface area contributed by atoms with E-state index in [4.69, 9.17) is 0 Å². The lowest BCUT2D eigenvalue weighted by Gasteiger charge is -2.43. The molecule has 114 valence electrons. The van der Waals surface area contributed by atoms with Crippen LogP contribution in [-0.4, -0.2) is 63.9 Å². The van der Waals surface area contributed by atoms with E-state index in [0.717, 1.165) is 44.8 Å². The highest BCUT2D eigenvalue weighted by atomic mass is 16.3. The van der Waals surface area contributed by atoms with Crippen molar-refractivity contribution in [1.29, 1.82) is 0 Å². The van der Waals surface area contributed by atoms with Crippen LogP contribution in [0.3, 0.4) is 0 Å². The number of nitrogens with one attached hydrogen (secondary N) is 1. The van der Waals surface area contributed by atoms with Crippen molar-refractivity contribution < 1.29 is 5.11 Å². The van der Waals surface area contributed by atoms with Crippen LogP contribution in [0.2, 0.25) is 0 Å². The summed E-state index contributed by atoms with van der Waals surface area (Å²) < 4.78 is 0. The minimum absolute atomic E-state index is 0.267. The van der Waals surface area contributed by atoms with Gasteiger partial charge in [0.2, 0.25) is 0 Å². The van der Waals surface area contributed by atoms with Gasteiger partial charge < -0.3 is 5.11 Å². The molecule has 2 N–H and O–H groups in total. The molecule has 1 fully saturated rings. The smallest absolute Gasteiger partial charge is 0.0492 e. The standard InChI is InChI=1S/C15H28N4O/c1-15(2,3)12-19-8-7-18(11-14(19)5-9-20)10-13-4-6-16-17-13/h4,6,14,20H,5,7-12H2,1-3H3,(H,16,17). The van der Waals surface area contributed by atoms with Gasteiger partial charge in [-0.25, -0.2) is 0 Å². The van der Waals surface area contributed by atoms with Crippen LogP contribution < -0.4 is 0 Å². The van der Waals surface area contributed by atoms with Crippen molar-refractivity contribution in [1.82, 2.24) is 20.0 Å². The largest absolute Gasteiger partial charge is 0.396 e. The van der Waals surface area contributed by atoms with Crippen LogP contribution in [0.4, 0.5) is 0 Å². The summed E-state index contributed by atoms with van der Waals surface area (Å²) in [4.78, 5) is 4.99. The van der Waals surface area contributed by atoms with Gasteiger partial charge >= 0.3 is 0 Å². The Hall–Kier alpha value is -0.910. The molecule has 0 bridgehead atoms. The molecule has 0 aromatic carbocycles. The molecule has 5 nitrogen and oxygen atoms in total. The Balaban J connectivity index is 1.92. The first-order valence-corrected chi connectivity index (χ1v) is 7.53. The van der Waals surface area contributed by atoms with Gasteiger partial charge in [-0.1, -0.05) is 20.8 Å². The van der Waals surface area contributed by atoms with Crippen molar-refractivity contribution in [3.8, 4) is 0 Å². The summed E-state index contributed by atoms with van der Waals surface area (Å²) in [5, 5.41) is 16.3. The predicted molar refractivity (Wildman–Crippen MR) is 80.4 cm³/mol. The van der Waals surface area contributed by atoms with Gasteiger partial charge in [0.05, 0.1) is 0 Å². The van der Waals surface area contributed by atoms with E-state index >= 15 is 0 Å². The number of piperazine rings is 1. The number of aliphatic hydroxyl groups excluding tert-OH is 1. The molecule has 1 aromatic heterocycles. The van der Waals surface area contributed by atoms with Crippen LogP contribution >= 0.6 is 0 Å². The third-order valence-corrected chi connectivity index (χ3v) is 3.78. The maximum Gasteiger partial charge on any atom is 0.0492 e. The van der Waals surface area contributed by atoms with Gasteiger partial charge in [-0.2, -0.15) is 5.10 Å². The number of hydrogen-bond acceptors (Lipinski definition) is 4. The maximum atomic E-state index is 9.32. The molecule has 2 heterocycles. The van der Waals surface area contributed by atoms with E-state index in [1.807, 2.05) is 6.07 Å². The van der Waals surface area contributed by atoms with Crippen molar-refractivity contribution >= 4 is 0 Å². The van der Waals surface area contributed by atoms with E-state index in [2.05, 4.69) is 40.8 Å². The molecular formula is C15H28N4O. The summed E-state index contributed by atoms with van der Waals surface area (Å²) >= 11 is 0. The molecular weight excluding hydrogens is 252 g/mol. The van der Waals surface area contributed by atoms with Crippen LogP contribution in [0.1, 0.15) is 32.9 Å². The highest BCUT2D eigenvalue weighted by Crippen LogP contribution is 2.21. The molecule has 1 aliphatic rings. The summed E-state index contributed by atoms with van der Waals surface area (Å²) in [6.07, 6.45) is 2.66. The molecule has 1 unspecified atom stereocenters. The fraction of sp³-hybridized carbons (Fsp3) is 0.800. The molecule has 0 spiro atoms. The lowest BCUT2D eigenvalue weighted by atomic mass is 9.94. The Bertz CT molecular complexity index is 385. The van der Waals surface area contributed by atoms with Crippen molar-refractivity contribution in [2.45, 2.75) is 39.8 Å². The van der Waals surface area contributed by atoms with Crippen molar-refractivity contribution in [2.24, 2.45) is 5.41 Å². The van der Waals surface area contributed by atoms with Gasteiger partial charge in [0.15, 0.2) is 0 Å². The SMILES string of the molecule is CC(C)(C)CN1CCN(Cc2ccn[nH]2)CC1CCO. The van der Waals surface area contributed by atoms with Gasteiger partial charge in [0.25, 0.3) is 0 Å². The number of nitrogens with zero attached hydrogens (tertiary/aromatic N) is 3. The highest BCUT2D eigenvalue weighted by Gasteiger charge is 2.29. The average Bonchev–Trinajstić information content (AvgIpc) is 2.84. The van der Waals surface area contributed by atoms with Crippen LogP contribution in [0.25, 0.3) is 0 Å². The van der Waals surface area contributed by atoms with Crippen molar-refractivity contribution in [2.75, 3.05) is 32.8 Å². The summed E-state index contributed by atoms with van der Waals surface area (Å²) in [6, 6.07) is 2.48. The molecule has 0 aliphatic carbocycles. The van der Waals surface area contributed by atoms with E-state index in [1.165, 1.54) is 0 Å². The van der Waals surface area contributed by atoms with Gasteiger partial charge in [0, 0.05) is 57.3 Å². The first-order chi connectivity index (χ1) is 9.48. The Morgan fingerprint density at radius 1 is 1.40 bits per heavy atom. The Morgan fingerprint density at radius 3 is 2.80 bits per heavy atom. The highest BCUT2D eigenvalue weighted by molar-refractivity contribution is 4.98. The number of hydrogen-bond donors (Lipinski definition) is 2. The third-order valence-electron chi connectivity index (χ3n) is 3.78. The quantitative estimate of drug-likeness (QED) is 0.854. The lowest BCUT2D eigenvalue weighted by molar-refractivity contribution is 0.0335. The fourth-order valence-corrected chi connectivity index (χ4v) is 2.95. The minimum Gasteiger partial charge on any atom is -0.396 e. The summed E-state index contributed by atoms with van der Waals surface area (Å²) in [5.41, 5.74) is 1.47. The second-order valence-electron chi connectivity index (χ2n) is 7.01.